The quantitative estimate of drug-likeness (QED) is 0.938. The molecule has 2 heterocycles. The first kappa shape index (κ1) is 14.3. The van der Waals surface area contributed by atoms with Gasteiger partial charge >= 0.3 is 5.97 Å². The Balaban J connectivity index is 1.76. The zero-order chi connectivity index (χ0) is 15.5. The molecule has 0 spiro atoms. The minimum atomic E-state index is -0.840. The van der Waals surface area contributed by atoms with Gasteiger partial charge in [0.25, 0.3) is 5.91 Å². The number of carbonyl (C=O) groups is 2. The molecule has 0 aliphatic carbocycles. The average molecular weight is 299 g/mol. The van der Waals surface area contributed by atoms with Gasteiger partial charge in [-0.25, -0.2) is 4.68 Å². The second-order valence-corrected chi connectivity index (χ2v) is 5.41. The lowest BCUT2D eigenvalue weighted by atomic mass is 9.98. The molecule has 1 atom stereocenters. The maximum absolute atomic E-state index is 12.5. The summed E-state index contributed by atoms with van der Waals surface area (Å²) in [6.45, 7) is 0.840. The number of nitrogens with zero attached hydrogens (tertiary/aromatic N) is 3. The summed E-state index contributed by atoms with van der Waals surface area (Å²) < 4.78 is 1.64. The molecule has 0 bridgehead atoms. The molecule has 1 N–H and O–H groups in total. The predicted octanol–water partition coefficient (Wildman–Crippen LogP) is 1.81. The predicted molar refractivity (Wildman–Crippen MR) is 79.8 cm³/mol. The van der Waals surface area contributed by atoms with Crippen molar-refractivity contribution in [2.75, 3.05) is 13.1 Å². The van der Waals surface area contributed by atoms with Crippen LogP contribution in [-0.4, -0.2) is 44.8 Å². The number of aliphatic carboxylic acids is 1. The number of rotatable bonds is 3. The van der Waals surface area contributed by atoms with Crippen molar-refractivity contribution in [2.24, 2.45) is 5.92 Å². The molecule has 1 aromatic heterocycles. The Morgan fingerprint density at radius 2 is 1.95 bits per heavy atom. The Hall–Kier alpha value is -2.63. The average Bonchev–Trinajstić information content (AvgIpc) is 3.05. The third-order valence-electron chi connectivity index (χ3n) is 3.89. The van der Waals surface area contributed by atoms with Gasteiger partial charge in [0.1, 0.15) is 0 Å². The van der Waals surface area contributed by atoms with Crippen LogP contribution < -0.4 is 0 Å². The maximum atomic E-state index is 12.5. The van der Waals surface area contributed by atoms with E-state index < -0.39 is 11.9 Å². The van der Waals surface area contributed by atoms with Gasteiger partial charge in [0.05, 0.1) is 11.6 Å². The molecule has 1 aromatic carbocycles. The van der Waals surface area contributed by atoms with Crippen LogP contribution in [0.1, 0.15) is 23.3 Å². The fourth-order valence-electron chi connectivity index (χ4n) is 2.69. The molecule has 2 aromatic rings. The number of carbonyl (C=O) groups excluding carboxylic acids is 1. The Bertz CT molecular complexity index is 681. The number of piperidine rings is 1. The van der Waals surface area contributed by atoms with Crippen LogP contribution in [0.4, 0.5) is 0 Å². The van der Waals surface area contributed by atoms with Gasteiger partial charge in [-0.2, -0.15) is 5.10 Å². The first-order valence-electron chi connectivity index (χ1n) is 7.28. The first-order chi connectivity index (χ1) is 10.6. The number of hydrogen-bond acceptors (Lipinski definition) is 3. The molecular weight excluding hydrogens is 282 g/mol. The highest BCUT2D eigenvalue weighted by Gasteiger charge is 2.29. The van der Waals surface area contributed by atoms with Crippen molar-refractivity contribution in [3.63, 3.8) is 0 Å². The highest BCUT2D eigenvalue weighted by atomic mass is 16.4. The highest BCUT2D eigenvalue weighted by Crippen LogP contribution is 2.18. The molecule has 1 amide bonds. The number of carboxylic acid groups (broad SMARTS) is 1. The number of aromatic nitrogens is 2. The number of likely N-dealkylation sites (tertiary alicyclic amines) is 1. The summed E-state index contributed by atoms with van der Waals surface area (Å²) in [6.07, 6.45) is 3.07. The molecule has 22 heavy (non-hydrogen) atoms. The molecule has 0 saturated carbocycles. The molecular formula is C16H17N3O3. The minimum Gasteiger partial charge on any atom is -0.481 e. The second kappa shape index (κ2) is 6.01. The van der Waals surface area contributed by atoms with Crippen molar-refractivity contribution in [1.82, 2.24) is 14.7 Å². The van der Waals surface area contributed by atoms with Crippen LogP contribution in [0, 0.1) is 5.92 Å². The summed E-state index contributed by atoms with van der Waals surface area (Å²) in [7, 11) is 0. The van der Waals surface area contributed by atoms with Gasteiger partial charge < -0.3 is 10.0 Å². The fraction of sp³-hybridized carbons (Fsp3) is 0.312. The van der Waals surface area contributed by atoms with E-state index in [1.165, 1.54) is 0 Å². The number of carboxylic acids is 1. The Morgan fingerprint density at radius 1 is 1.18 bits per heavy atom. The van der Waals surface area contributed by atoms with Crippen LogP contribution in [0.25, 0.3) is 5.69 Å². The van der Waals surface area contributed by atoms with E-state index in [0.29, 0.717) is 25.1 Å². The minimum absolute atomic E-state index is 0.208. The normalized spacial score (nSPS) is 18.2. The number of benzene rings is 1. The van der Waals surface area contributed by atoms with Gasteiger partial charge in [-0.3, -0.25) is 9.59 Å². The second-order valence-electron chi connectivity index (χ2n) is 5.41. The molecule has 0 radical (unpaired) electrons. The third-order valence-corrected chi connectivity index (χ3v) is 3.89. The first-order valence-corrected chi connectivity index (χ1v) is 7.28. The number of hydrogen-bond donors (Lipinski definition) is 1. The molecule has 114 valence electrons. The zero-order valence-electron chi connectivity index (χ0n) is 12.1. The van der Waals surface area contributed by atoms with Crippen molar-refractivity contribution in [2.45, 2.75) is 12.8 Å². The summed E-state index contributed by atoms with van der Waals surface area (Å²) in [5.41, 5.74) is 1.22. The van der Waals surface area contributed by atoms with Gasteiger partial charge in [-0.05, 0) is 31.0 Å². The molecule has 1 saturated heterocycles. The summed E-state index contributed by atoms with van der Waals surface area (Å²) in [6, 6.07) is 11.2. The van der Waals surface area contributed by atoms with Crippen LogP contribution in [0.5, 0.6) is 0 Å². The zero-order valence-corrected chi connectivity index (χ0v) is 12.1. The number of amides is 1. The van der Waals surface area contributed by atoms with E-state index in [2.05, 4.69) is 5.10 Å². The molecule has 6 heteroatoms. The van der Waals surface area contributed by atoms with Gasteiger partial charge in [0, 0.05) is 19.3 Å². The molecule has 1 aliphatic heterocycles. The summed E-state index contributed by atoms with van der Waals surface area (Å²) in [5, 5.41) is 13.4. The molecule has 1 aliphatic rings. The van der Waals surface area contributed by atoms with Crippen LogP contribution in [0.3, 0.4) is 0 Å². The van der Waals surface area contributed by atoms with Gasteiger partial charge in [-0.15, -0.1) is 0 Å². The molecule has 1 fully saturated rings. The molecule has 0 unspecified atom stereocenters. The van der Waals surface area contributed by atoms with Crippen molar-refractivity contribution in [1.29, 1.82) is 0 Å². The van der Waals surface area contributed by atoms with Gasteiger partial charge in [-0.1, -0.05) is 18.2 Å². The van der Waals surface area contributed by atoms with E-state index in [0.717, 1.165) is 5.69 Å². The van der Waals surface area contributed by atoms with Crippen molar-refractivity contribution in [3.8, 4) is 5.69 Å². The highest BCUT2D eigenvalue weighted by molar-refractivity contribution is 5.92. The van der Waals surface area contributed by atoms with Crippen LogP contribution in [0.15, 0.2) is 42.6 Å². The Labute approximate surface area is 128 Å². The largest absolute Gasteiger partial charge is 0.481 e. The van der Waals surface area contributed by atoms with Gasteiger partial charge in [0.15, 0.2) is 5.69 Å². The van der Waals surface area contributed by atoms with E-state index in [1.807, 2.05) is 30.3 Å². The van der Waals surface area contributed by atoms with E-state index in [4.69, 9.17) is 5.11 Å². The standard InChI is InChI=1S/C16H17N3O3/c20-15(18-9-4-5-12(11-18)16(21)22)14-8-10-19(17-14)13-6-2-1-3-7-13/h1-3,6-8,10,12H,4-5,9,11H2,(H,21,22)/t12-/m0/s1. The smallest absolute Gasteiger partial charge is 0.308 e. The molecule has 6 nitrogen and oxygen atoms in total. The van der Waals surface area contributed by atoms with Crippen molar-refractivity contribution in [3.05, 3.63) is 48.3 Å². The number of para-hydroxylation sites is 1. The maximum Gasteiger partial charge on any atom is 0.308 e. The van der Waals surface area contributed by atoms with Gasteiger partial charge in [0.2, 0.25) is 0 Å². The summed E-state index contributed by atoms with van der Waals surface area (Å²) >= 11 is 0. The van der Waals surface area contributed by atoms with Crippen LogP contribution in [0.2, 0.25) is 0 Å². The lowest BCUT2D eigenvalue weighted by Gasteiger charge is -2.30. The third kappa shape index (κ3) is 2.86. The Morgan fingerprint density at radius 3 is 2.68 bits per heavy atom. The SMILES string of the molecule is O=C(O)[C@H]1CCCN(C(=O)c2ccn(-c3ccccc3)n2)C1. The van der Waals surface area contributed by atoms with Crippen molar-refractivity contribution < 1.29 is 14.7 Å². The monoisotopic (exact) mass is 299 g/mol. The topological polar surface area (TPSA) is 75.4 Å². The molecule has 3 rings (SSSR count). The Kier molecular flexibility index (Phi) is 3.91. The van der Waals surface area contributed by atoms with E-state index in [9.17, 15) is 9.59 Å². The summed E-state index contributed by atoms with van der Waals surface area (Å²) in [5.74, 6) is -1.53. The van der Waals surface area contributed by atoms with Crippen LogP contribution in [-0.2, 0) is 4.79 Å². The van der Waals surface area contributed by atoms with E-state index >= 15 is 0 Å². The summed E-state index contributed by atoms with van der Waals surface area (Å²) in [4.78, 5) is 25.1. The van der Waals surface area contributed by atoms with E-state index in [-0.39, 0.29) is 12.5 Å². The lowest BCUT2D eigenvalue weighted by molar-refractivity contribution is -0.143. The fourth-order valence-corrected chi connectivity index (χ4v) is 2.69. The van der Waals surface area contributed by atoms with Crippen molar-refractivity contribution >= 4 is 11.9 Å². The van der Waals surface area contributed by atoms with Crippen LogP contribution >= 0.6 is 0 Å². The van der Waals surface area contributed by atoms with E-state index in [1.54, 1.807) is 21.8 Å². The lowest BCUT2D eigenvalue weighted by Crippen LogP contribution is -2.42.